The second-order valence-corrected chi connectivity index (χ2v) is 4.72. The van der Waals surface area contributed by atoms with Gasteiger partial charge >= 0.3 is 0 Å². The highest BCUT2D eigenvalue weighted by Crippen LogP contribution is 2.20. The zero-order chi connectivity index (χ0) is 12.5. The Hall–Kier alpha value is -1.33. The molecular formula is C12H19N3O2. The van der Waals surface area contributed by atoms with Gasteiger partial charge in [-0.3, -0.25) is 4.68 Å². The Bertz CT molecular complexity index is 423. The summed E-state index contributed by atoms with van der Waals surface area (Å²) < 4.78 is 12.9. The molecule has 1 aromatic heterocycles. The van der Waals surface area contributed by atoms with Crippen molar-refractivity contribution >= 4 is 5.82 Å². The molecule has 17 heavy (non-hydrogen) atoms. The summed E-state index contributed by atoms with van der Waals surface area (Å²) in [4.78, 5) is 0. The standard InChI is InChI=1S/C12H19N3O2/c1-9-5-11(15(4)14-9)13-6-10-7-16-12(2,3)17-8-10/h5-6,13H,7-8H2,1-4H3. The van der Waals surface area contributed by atoms with E-state index in [0.717, 1.165) is 17.1 Å². The molecule has 0 radical (unpaired) electrons. The normalized spacial score (nSPS) is 19.2. The molecule has 0 atom stereocenters. The largest absolute Gasteiger partial charge is 0.347 e. The molecule has 0 saturated carbocycles. The quantitative estimate of drug-likeness (QED) is 0.852. The summed E-state index contributed by atoms with van der Waals surface area (Å²) in [6.45, 7) is 6.99. The van der Waals surface area contributed by atoms with Crippen LogP contribution in [-0.4, -0.2) is 28.8 Å². The first-order valence-electron chi connectivity index (χ1n) is 5.69. The van der Waals surface area contributed by atoms with Crippen molar-refractivity contribution in [3.8, 4) is 0 Å². The van der Waals surface area contributed by atoms with Crippen molar-refractivity contribution in [2.75, 3.05) is 18.5 Å². The van der Waals surface area contributed by atoms with Gasteiger partial charge in [0.2, 0.25) is 0 Å². The highest BCUT2D eigenvalue weighted by Gasteiger charge is 2.24. The van der Waals surface area contributed by atoms with Crippen molar-refractivity contribution in [1.29, 1.82) is 0 Å². The van der Waals surface area contributed by atoms with E-state index >= 15 is 0 Å². The minimum atomic E-state index is -0.472. The number of hydrogen-bond donors (Lipinski definition) is 1. The van der Waals surface area contributed by atoms with Crippen molar-refractivity contribution in [3.05, 3.63) is 23.5 Å². The zero-order valence-corrected chi connectivity index (χ0v) is 10.8. The number of rotatable bonds is 2. The first-order chi connectivity index (χ1) is 7.96. The molecular weight excluding hydrogens is 218 g/mol. The highest BCUT2D eigenvalue weighted by atomic mass is 16.7. The Kier molecular flexibility index (Phi) is 3.22. The lowest BCUT2D eigenvalue weighted by atomic mass is 10.2. The topological polar surface area (TPSA) is 48.3 Å². The molecule has 1 saturated heterocycles. The molecule has 1 aromatic rings. The molecule has 0 aliphatic carbocycles. The van der Waals surface area contributed by atoms with Crippen LogP contribution in [0.15, 0.2) is 17.8 Å². The third-order valence-electron chi connectivity index (χ3n) is 2.64. The Morgan fingerprint density at radius 2 is 2.06 bits per heavy atom. The lowest BCUT2D eigenvalue weighted by molar-refractivity contribution is -0.225. The van der Waals surface area contributed by atoms with E-state index in [9.17, 15) is 0 Å². The van der Waals surface area contributed by atoms with Gasteiger partial charge in [0, 0.05) is 19.3 Å². The van der Waals surface area contributed by atoms with E-state index in [1.807, 2.05) is 40.1 Å². The smallest absolute Gasteiger partial charge is 0.163 e. The van der Waals surface area contributed by atoms with Crippen LogP contribution in [-0.2, 0) is 16.5 Å². The average Bonchev–Trinajstić information content (AvgIpc) is 2.56. The number of ether oxygens (including phenoxy) is 2. The van der Waals surface area contributed by atoms with Gasteiger partial charge in [0.1, 0.15) is 5.82 Å². The summed E-state index contributed by atoms with van der Waals surface area (Å²) in [6, 6.07) is 1.99. The van der Waals surface area contributed by atoms with Crippen LogP contribution in [0.4, 0.5) is 5.82 Å². The van der Waals surface area contributed by atoms with Crippen molar-refractivity contribution < 1.29 is 9.47 Å². The van der Waals surface area contributed by atoms with E-state index in [0.29, 0.717) is 13.2 Å². The number of nitrogens with one attached hydrogen (secondary N) is 1. The molecule has 0 aromatic carbocycles. The predicted octanol–water partition coefficient (Wildman–Crippen LogP) is 1.81. The third-order valence-corrected chi connectivity index (χ3v) is 2.64. The molecule has 0 spiro atoms. The number of anilines is 1. The molecule has 5 nitrogen and oxygen atoms in total. The number of hydrogen-bond acceptors (Lipinski definition) is 4. The first kappa shape index (κ1) is 12.1. The summed E-state index contributed by atoms with van der Waals surface area (Å²) in [5.41, 5.74) is 2.08. The number of aromatic nitrogens is 2. The molecule has 0 bridgehead atoms. The maximum absolute atomic E-state index is 5.55. The van der Waals surface area contributed by atoms with E-state index in [4.69, 9.17) is 9.47 Å². The minimum absolute atomic E-state index is 0.472. The maximum Gasteiger partial charge on any atom is 0.163 e. The molecule has 94 valence electrons. The van der Waals surface area contributed by atoms with Crippen LogP contribution in [0, 0.1) is 6.92 Å². The summed E-state index contributed by atoms with van der Waals surface area (Å²) in [5, 5.41) is 7.47. The van der Waals surface area contributed by atoms with Gasteiger partial charge in [-0.2, -0.15) is 5.10 Å². The molecule has 2 heterocycles. The summed E-state index contributed by atoms with van der Waals surface area (Å²) in [6.07, 6.45) is 1.92. The molecule has 1 aliphatic rings. The van der Waals surface area contributed by atoms with Crippen molar-refractivity contribution in [2.45, 2.75) is 26.6 Å². The predicted molar refractivity (Wildman–Crippen MR) is 65.6 cm³/mol. The highest BCUT2D eigenvalue weighted by molar-refractivity contribution is 5.40. The van der Waals surface area contributed by atoms with Crippen LogP contribution in [0.5, 0.6) is 0 Å². The summed E-state index contributed by atoms with van der Waals surface area (Å²) in [7, 11) is 1.91. The van der Waals surface area contributed by atoms with Gasteiger partial charge in [-0.05, 0) is 26.3 Å². The van der Waals surface area contributed by atoms with E-state index in [1.54, 1.807) is 4.68 Å². The lowest BCUT2D eigenvalue weighted by Crippen LogP contribution is -2.35. The van der Waals surface area contributed by atoms with Crippen molar-refractivity contribution in [2.24, 2.45) is 7.05 Å². The van der Waals surface area contributed by atoms with Gasteiger partial charge in [-0.25, -0.2) is 0 Å². The van der Waals surface area contributed by atoms with E-state index in [-0.39, 0.29) is 0 Å². The van der Waals surface area contributed by atoms with Crippen LogP contribution >= 0.6 is 0 Å². The molecule has 2 rings (SSSR count). The van der Waals surface area contributed by atoms with Gasteiger partial charge < -0.3 is 14.8 Å². The summed E-state index contributed by atoms with van der Waals surface area (Å²) >= 11 is 0. The van der Waals surface area contributed by atoms with Crippen LogP contribution in [0.25, 0.3) is 0 Å². The lowest BCUT2D eigenvalue weighted by Gasteiger charge is -2.31. The fourth-order valence-electron chi connectivity index (χ4n) is 1.62. The fraction of sp³-hybridized carbons (Fsp3) is 0.583. The number of aryl methyl sites for hydroxylation is 2. The van der Waals surface area contributed by atoms with Crippen LogP contribution in [0.3, 0.4) is 0 Å². The Morgan fingerprint density at radius 3 is 2.59 bits per heavy atom. The van der Waals surface area contributed by atoms with Gasteiger partial charge in [-0.15, -0.1) is 0 Å². The average molecular weight is 237 g/mol. The van der Waals surface area contributed by atoms with Gasteiger partial charge in [0.15, 0.2) is 5.79 Å². The van der Waals surface area contributed by atoms with Gasteiger partial charge in [0.25, 0.3) is 0 Å². The fourth-order valence-corrected chi connectivity index (χ4v) is 1.62. The number of nitrogens with zero attached hydrogens (tertiary/aromatic N) is 2. The SMILES string of the molecule is Cc1cc(NC=C2COC(C)(C)OC2)n(C)n1. The molecule has 1 aliphatic heterocycles. The van der Waals surface area contributed by atoms with E-state index < -0.39 is 5.79 Å². The van der Waals surface area contributed by atoms with Crippen molar-refractivity contribution in [3.63, 3.8) is 0 Å². The Balaban J connectivity index is 1.96. The van der Waals surface area contributed by atoms with Gasteiger partial charge in [-0.1, -0.05) is 0 Å². The van der Waals surface area contributed by atoms with E-state index in [1.165, 1.54) is 0 Å². The monoisotopic (exact) mass is 237 g/mol. The molecule has 1 N–H and O–H groups in total. The molecule has 0 unspecified atom stereocenters. The maximum atomic E-state index is 5.55. The van der Waals surface area contributed by atoms with Crippen LogP contribution in [0.1, 0.15) is 19.5 Å². The Morgan fingerprint density at radius 1 is 1.41 bits per heavy atom. The van der Waals surface area contributed by atoms with Crippen LogP contribution in [0.2, 0.25) is 0 Å². The second-order valence-electron chi connectivity index (χ2n) is 4.72. The van der Waals surface area contributed by atoms with Crippen molar-refractivity contribution in [1.82, 2.24) is 9.78 Å². The second kappa shape index (κ2) is 4.50. The van der Waals surface area contributed by atoms with E-state index in [2.05, 4.69) is 10.4 Å². The zero-order valence-electron chi connectivity index (χ0n) is 10.8. The summed E-state index contributed by atoms with van der Waals surface area (Å²) in [5.74, 6) is 0.486. The molecule has 5 heteroatoms. The minimum Gasteiger partial charge on any atom is -0.347 e. The first-order valence-corrected chi connectivity index (χ1v) is 5.69. The van der Waals surface area contributed by atoms with Crippen LogP contribution < -0.4 is 5.32 Å². The molecule has 0 amide bonds. The van der Waals surface area contributed by atoms with Gasteiger partial charge in [0.05, 0.1) is 18.9 Å². The third kappa shape index (κ3) is 3.08. The Labute approximate surface area is 101 Å². The molecule has 1 fully saturated rings.